The van der Waals surface area contributed by atoms with Crippen LogP contribution in [0.5, 0.6) is 0 Å². The summed E-state index contributed by atoms with van der Waals surface area (Å²) < 4.78 is 40.8. The van der Waals surface area contributed by atoms with Gasteiger partial charge < -0.3 is 10.2 Å². The Bertz CT molecular complexity index is 1350. The van der Waals surface area contributed by atoms with Crippen molar-refractivity contribution in [3.63, 3.8) is 0 Å². The molecule has 10 heteroatoms. The zero-order valence-electron chi connectivity index (χ0n) is 21.5. The standard InChI is InChI=1S/C28H31BrFN3O4S/c1-20(2)31-28(35)26(16-21-8-5-4-6-9-21)32(18-22-12-14-24(30)15-13-22)27(34)19-33(38(3,36)37)25-11-7-10-23(29)17-25/h4-15,17,20,26H,16,18-19H2,1-3H3,(H,31,35)/t26-/m1/s1. The fourth-order valence-corrected chi connectivity index (χ4v) is 5.19. The summed E-state index contributed by atoms with van der Waals surface area (Å²) in [6.45, 7) is 3.11. The van der Waals surface area contributed by atoms with Gasteiger partial charge in [0, 0.05) is 23.5 Å². The summed E-state index contributed by atoms with van der Waals surface area (Å²) in [6, 6.07) is 20.4. The van der Waals surface area contributed by atoms with Gasteiger partial charge in [0.15, 0.2) is 0 Å². The van der Waals surface area contributed by atoms with Crippen LogP contribution >= 0.6 is 15.9 Å². The van der Waals surface area contributed by atoms with Crippen LogP contribution < -0.4 is 9.62 Å². The Kier molecular flexibility index (Phi) is 10.0. The van der Waals surface area contributed by atoms with Crippen molar-refractivity contribution >= 4 is 43.5 Å². The third-order valence-corrected chi connectivity index (χ3v) is 7.38. The van der Waals surface area contributed by atoms with Gasteiger partial charge >= 0.3 is 0 Å². The number of halogens is 2. The van der Waals surface area contributed by atoms with Gasteiger partial charge in [0.2, 0.25) is 21.8 Å². The number of carbonyl (C=O) groups excluding carboxylic acids is 2. The van der Waals surface area contributed by atoms with Crippen molar-refractivity contribution in [1.29, 1.82) is 0 Å². The number of nitrogens with zero attached hydrogens (tertiary/aromatic N) is 2. The average Bonchev–Trinajstić information content (AvgIpc) is 2.85. The summed E-state index contributed by atoms with van der Waals surface area (Å²) >= 11 is 3.34. The van der Waals surface area contributed by atoms with Crippen molar-refractivity contribution in [2.75, 3.05) is 17.1 Å². The van der Waals surface area contributed by atoms with Gasteiger partial charge in [-0.25, -0.2) is 12.8 Å². The molecule has 7 nitrogen and oxygen atoms in total. The second kappa shape index (κ2) is 13.0. The lowest BCUT2D eigenvalue weighted by Gasteiger charge is -2.34. The Morgan fingerprint density at radius 2 is 1.61 bits per heavy atom. The lowest BCUT2D eigenvalue weighted by atomic mass is 10.0. The van der Waals surface area contributed by atoms with Gasteiger partial charge in [0.05, 0.1) is 11.9 Å². The van der Waals surface area contributed by atoms with Crippen molar-refractivity contribution in [2.24, 2.45) is 0 Å². The van der Waals surface area contributed by atoms with Crippen LogP contribution in [0.1, 0.15) is 25.0 Å². The molecule has 3 aromatic rings. The predicted molar refractivity (Wildman–Crippen MR) is 150 cm³/mol. The predicted octanol–water partition coefficient (Wildman–Crippen LogP) is 4.52. The van der Waals surface area contributed by atoms with Crippen LogP contribution in [0.4, 0.5) is 10.1 Å². The smallest absolute Gasteiger partial charge is 0.244 e. The van der Waals surface area contributed by atoms with Crippen molar-refractivity contribution < 1.29 is 22.4 Å². The molecule has 1 N–H and O–H groups in total. The molecular weight excluding hydrogens is 573 g/mol. The summed E-state index contributed by atoms with van der Waals surface area (Å²) in [4.78, 5) is 28.7. The highest BCUT2D eigenvalue weighted by Crippen LogP contribution is 2.23. The van der Waals surface area contributed by atoms with E-state index in [0.717, 1.165) is 16.1 Å². The monoisotopic (exact) mass is 603 g/mol. The number of hydrogen-bond donors (Lipinski definition) is 1. The van der Waals surface area contributed by atoms with Crippen molar-refractivity contribution in [1.82, 2.24) is 10.2 Å². The first-order chi connectivity index (χ1) is 17.9. The van der Waals surface area contributed by atoms with Crippen LogP contribution in [0, 0.1) is 5.82 Å². The Balaban J connectivity index is 2.05. The number of carbonyl (C=O) groups is 2. The van der Waals surface area contributed by atoms with Gasteiger partial charge in [-0.15, -0.1) is 0 Å². The maximum Gasteiger partial charge on any atom is 0.244 e. The molecule has 0 unspecified atom stereocenters. The molecule has 0 saturated heterocycles. The second-order valence-corrected chi connectivity index (χ2v) is 12.1. The molecule has 0 spiro atoms. The van der Waals surface area contributed by atoms with E-state index in [1.54, 1.807) is 24.3 Å². The first-order valence-electron chi connectivity index (χ1n) is 12.1. The van der Waals surface area contributed by atoms with Crippen LogP contribution in [0.15, 0.2) is 83.3 Å². The molecule has 202 valence electrons. The van der Waals surface area contributed by atoms with Crippen LogP contribution in [0.2, 0.25) is 0 Å². The molecule has 0 aliphatic carbocycles. The van der Waals surface area contributed by atoms with E-state index in [0.29, 0.717) is 15.7 Å². The van der Waals surface area contributed by atoms with Crippen LogP contribution in [-0.2, 0) is 32.6 Å². The van der Waals surface area contributed by atoms with E-state index in [2.05, 4.69) is 21.2 Å². The third-order valence-electron chi connectivity index (χ3n) is 5.74. The summed E-state index contributed by atoms with van der Waals surface area (Å²) in [5.41, 5.74) is 1.74. The maximum atomic E-state index is 13.9. The van der Waals surface area contributed by atoms with Crippen molar-refractivity contribution in [2.45, 2.75) is 38.9 Å². The molecule has 0 aromatic heterocycles. The van der Waals surface area contributed by atoms with Gasteiger partial charge in [-0.05, 0) is 55.3 Å². The Labute approximate surface area is 231 Å². The Morgan fingerprint density at radius 1 is 0.947 bits per heavy atom. The van der Waals surface area contributed by atoms with E-state index in [-0.39, 0.29) is 24.9 Å². The minimum absolute atomic E-state index is 0.0157. The zero-order valence-corrected chi connectivity index (χ0v) is 23.9. The van der Waals surface area contributed by atoms with E-state index >= 15 is 0 Å². The molecule has 3 aromatic carbocycles. The maximum absolute atomic E-state index is 13.9. The van der Waals surface area contributed by atoms with Gasteiger partial charge in [0.25, 0.3) is 0 Å². The van der Waals surface area contributed by atoms with E-state index in [4.69, 9.17) is 0 Å². The van der Waals surface area contributed by atoms with Gasteiger partial charge in [-0.1, -0.05) is 64.5 Å². The molecule has 0 bridgehead atoms. The molecule has 0 aliphatic heterocycles. The zero-order chi connectivity index (χ0) is 27.9. The van der Waals surface area contributed by atoms with E-state index in [1.807, 2.05) is 44.2 Å². The summed E-state index contributed by atoms with van der Waals surface area (Å²) in [5, 5.41) is 2.89. The minimum Gasteiger partial charge on any atom is -0.352 e. The minimum atomic E-state index is -3.85. The van der Waals surface area contributed by atoms with Crippen LogP contribution in [-0.4, -0.2) is 50.0 Å². The quantitative estimate of drug-likeness (QED) is 0.349. The lowest BCUT2D eigenvalue weighted by Crippen LogP contribution is -2.54. The summed E-state index contributed by atoms with van der Waals surface area (Å²) in [6.07, 6.45) is 1.24. The number of sulfonamides is 1. The van der Waals surface area contributed by atoms with Crippen molar-refractivity contribution in [3.05, 3.63) is 100 Å². The molecule has 3 rings (SSSR count). The first kappa shape index (κ1) is 29.3. The van der Waals surface area contributed by atoms with Crippen molar-refractivity contribution in [3.8, 4) is 0 Å². The van der Waals surface area contributed by atoms with E-state index in [1.165, 1.54) is 29.2 Å². The largest absolute Gasteiger partial charge is 0.352 e. The van der Waals surface area contributed by atoms with E-state index < -0.39 is 34.3 Å². The number of nitrogens with one attached hydrogen (secondary N) is 1. The normalized spacial score (nSPS) is 12.2. The summed E-state index contributed by atoms with van der Waals surface area (Å²) in [5.74, 6) is -1.37. The highest BCUT2D eigenvalue weighted by molar-refractivity contribution is 9.10. The van der Waals surface area contributed by atoms with Crippen LogP contribution in [0.25, 0.3) is 0 Å². The SMILES string of the molecule is CC(C)NC(=O)[C@@H](Cc1ccccc1)N(Cc1ccc(F)cc1)C(=O)CN(c1cccc(Br)c1)S(C)(=O)=O. The topological polar surface area (TPSA) is 86.8 Å². The number of anilines is 1. The Morgan fingerprint density at radius 3 is 2.18 bits per heavy atom. The Hall–Kier alpha value is -3.24. The molecule has 2 amide bonds. The molecule has 0 radical (unpaired) electrons. The summed E-state index contributed by atoms with van der Waals surface area (Å²) in [7, 11) is -3.85. The average molecular weight is 605 g/mol. The number of hydrogen-bond acceptors (Lipinski definition) is 4. The fourth-order valence-electron chi connectivity index (χ4n) is 3.97. The molecule has 0 fully saturated rings. The molecule has 0 aliphatic rings. The molecule has 0 saturated carbocycles. The molecule has 0 heterocycles. The van der Waals surface area contributed by atoms with Gasteiger partial charge in [-0.2, -0.15) is 0 Å². The number of amides is 2. The fraction of sp³-hybridized carbons (Fsp3) is 0.286. The van der Waals surface area contributed by atoms with Crippen LogP contribution in [0.3, 0.4) is 0 Å². The second-order valence-electron chi connectivity index (χ2n) is 9.27. The molecule has 1 atom stereocenters. The highest BCUT2D eigenvalue weighted by Gasteiger charge is 2.33. The lowest BCUT2D eigenvalue weighted by molar-refractivity contribution is -0.140. The third kappa shape index (κ3) is 8.39. The molecule has 38 heavy (non-hydrogen) atoms. The van der Waals surface area contributed by atoms with E-state index in [9.17, 15) is 22.4 Å². The van der Waals surface area contributed by atoms with Gasteiger partial charge in [-0.3, -0.25) is 13.9 Å². The van der Waals surface area contributed by atoms with Gasteiger partial charge in [0.1, 0.15) is 18.4 Å². The highest BCUT2D eigenvalue weighted by atomic mass is 79.9. The number of benzene rings is 3. The first-order valence-corrected chi connectivity index (χ1v) is 14.7. The number of rotatable bonds is 11. The molecular formula is C28H31BrFN3O4S.